The Labute approximate surface area is 112 Å². The van der Waals surface area contributed by atoms with Crippen molar-refractivity contribution < 1.29 is 9.84 Å². The lowest BCUT2D eigenvalue weighted by Gasteiger charge is -2.19. The average Bonchev–Trinajstić information content (AvgIpc) is 3.11. The molecule has 0 unspecified atom stereocenters. The number of methoxy groups -OCH3 is 1. The van der Waals surface area contributed by atoms with Gasteiger partial charge in [0.2, 0.25) is 0 Å². The molecule has 0 amide bonds. The largest absolute Gasteiger partial charge is 0.495 e. The molecule has 0 radical (unpaired) electrons. The highest BCUT2D eigenvalue weighted by Gasteiger charge is 2.34. The summed E-state index contributed by atoms with van der Waals surface area (Å²) in [6.45, 7) is 0. The Morgan fingerprint density at radius 3 is 2.65 bits per heavy atom. The maximum absolute atomic E-state index is 9.94. The standard InChI is InChI=1S/C12H16ClNO2.ClH/c1-16-10-6-8(4-5-9(10)13)11(14)12(15)7-2-3-7;/h4-7,11-12,15H,2-3,14H2,1H3;1H/t11-,12+;/m1./s1. The molecule has 3 nitrogen and oxygen atoms in total. The van der Waals surface area contributed by atoms with E-state index in [0.29, 0.717) is 16.7 Å². The first kappa shape index (κ1) is 14.6. The van der Waals surface area contributed by atoms with Crippen molar-refractivity contribution in [1.29, 1.82) is 0 Å². The summed E-state index contributed by atoms with van der Waals surface area (Å²) in [5.41, 5.74) is 6.87. The van der Waals surface area contributed by atoms with E-state index in [1.54, 1.807) is 19.2 Å². The van der Waals surface area contributed by atoms with E-state index in [0.717, 1.165) is 18.4 Å². The molecule has 0 spiro atoms. The van der Waals surface area contributed by atoms with Crippen LogP contribution in [0.4, 0.5) is 0 Å². The van der Waals surface area contributed by atoms with Crippen molar-refractivity contribution in [3.05, 3.63) is 28.8 Å². The maximum atomic E-state index is 9.94. The molecule has 1 aliphatic rings. The summed E-state index contributed by atoms with van der Waals surface area (Å²) in [6, 6.07) is 5.01. The van der Waals surface area contributed by atoms with Gasteiger partial charge in [0, 0.05) is 0 Å². The van der Waals surface area contributed by atoms with Gasteiger partial charge in [-0.15, -0.1) is 12.4 Å². The summed E-state index contributed by atoms with van der Waals surface area (Å²) in [5, 5.41) is 10.5. The van der Waals surface area contributed by atoms with Crippen LogP contribution in [-0.2, 0) is 0 Å². The van der Waals surface area contributed by atoms with Gasteiger partial charge in [-0.1, -0.05) is 17.7 Å². The third kappa shape index (κ3) is 3.26. The second-order valence-electron chi connectivity index (χ2n) is 4.25. The smallest absolute Gasteiger partial charge is 0.137 e. The van der Waals surface area contributed by atoms with Gasteiger partial charge in [-0.2, -0.15) is 0 Å². The fourth-order valence-electron chi connectivity index (χ4n) is 1.81. The molecule has 1 fully saturated rings. The van der Waals surface area contributed by atoms with E-state index in [2.05, 4.69) is 0 Å². The molecule has 96 valence electrons. The van der Waals surface area contributed by atoms with E-state index in [-0.39, 0.29) is 18.4 Å². The molecule has 17 heavy (non-hydrogen) atoms. The summed E-state index contributed by atoms with van der Waals surface area (Å²) >= 11 is 5.93. The molecule has 1 aromatic rings. The van der Waals surface area contributed by atoms with Crippen LogP contribution in [0.2, 0.25) is 5.02 Å². The SMILES string of the molecule is COc1cc([C@@H](N)[C@@H](O)C2CC2)ccc1Cl.Cl. The molecule has 1 saturated carbocycles. The molecule has 2 atom stereocenters. The highest BCUT2D eigenvalue weighted by molar-refractivity contribution is 6.32. The number of halogens is 2. The predicted octanol–water partition coefficient (Wildman–Crippen LogP) is 2.54. The van der Waals surface area contributed by atoms with Crippen LogP contribution in [0.5, 0.6) is 5.75 Å². The van der Waals surface area contributed by atoms with E-state index in [9.17, 15) is 5.11 Å². The Morgan fingerprint density at radius 1 is 1.47 bits per heavy atom. The number of hydrogen-bond donors (Lipinski definition) is 2. The van der Waals surface area contributed by atoms with Crippen molar-refractivity contribution in [1.82, 2.24) is 0 Å². The lowest BCUT2D eigenvalue weighted by Crippen LogP contribution is -2.27. The molecule has 3 N–H and O–H groups in total. The van der Waals surface area contributed by atoms with Gasteiger partial charge < -0.3 is 15.6 Å². The van der Waals surface area contributed by atoms with E-state index in [1.807, 2.05) is 6.07 Å². The third-order valence-corrected chi connectivity index (χ3v) is 3.35. The minimum absolute atomic E-state index is 0. The van der Waals surface area contributed by atoms with Gasteiger partial charge in [0.05, 0.1) is 24.3 Å². The highest BCUT2D eigenvalue weighted by atomic mass is 35.5. The van der Waals surface area contributed by atoms with Crippen LogP contribution in [0.1, 0.15) is 24.4 Å². The van der Waals surface area contributed by atoms with Crippen molar-refractivity contribution in [2.24, 2.45) is 11.7 Å². The monoisotopic (exact) mass is 277 g/mol. The number of rotatable bonds is 4. The molecular formula is C12H17Cl2NO2. The number of aliphatic hydroxyl groups excluding tert-OH is 1. The minimum atomic E-state index is -0.467. The van der Waals surface area contributed by atoms with Gasteiger partial charge in [-0.3, -0.25) is 0 Å². The highest BCUT2D eigenvalue weighted by Crippen LogP contribution is 2.38. The Balaban J connectivity index is 0.00000144. The van der Waals surface area contributed by atoms with Crippen molar-refractivity contribution >= 4 is 24.0 Å². The van der Waals surface area contributed by atoms with Gasteiger partial charge in [0.25, 0.3) is 0 Å². The van der Waals surface area contributed by atoms with Crippen molar-refractivity contribution in [2.75, 3.05) is 7.11 Å². The first-order chi connectivity index (χ1) is 7.63. The second kappa shape index (κ2) is 5.91. The van der Waals surface area contributed by atoms with Crippen LogP contribution in [0.15, 0.2) is 18.2 Å². The summed E-state index contributed by atoms with van der Waals surface area (Å²) in [4.78, 5) is 0. The zero-order valence-corrected chi connectivity index (χ0v) is 11.2. The predicted molar refractivity (Wildman–Crippen MR) is 70.9 cm³/mol. The molecule has 5 heteroatoms. The Morgan fingerprint density at radius 2 is 2.12 bits per heavy atom. The van der Waals surface area contributed by atoms with E-state index in [4.69, 9.17) is 22.1 Å². The van der Waals surface area contributed by atoms with E-state index >= 15 is 0 Å². The molecule has 1 aromatic carbocycles. The molecular weight excluding hydrogens is 261 g/mol. The lowest BCUT2D eigenvalue weighted by atomic mass is 9.99. The van der Waals surface area contributed by atoms with Crippen LogP contribution >= 0.6 is 24.0 Å². The fourth-order valence-corrected chi connectivity index (χ4v) is 2.01. The van der Waals surface area contributed by atoms with Crippen LogP contribution < -0.4 is 10.5 Å². The summed E-state index contributed by atoms with van der Waals surface area (Å²) in [7, 11) is 1.56. The number of ether oxygens (including phenoxy) is 1. The topological polar surface area (TPSA) is 55.5 Å². The average molecular weight is 278 g/mol. The zero-order chi connectivity index (χ0) is 11.7. The minimum Gasteiger partial charge on any atom is -0.495 e. The van der Waals surface area contributed by atoms with Crippen LogP contribution in [0.25, 0.3) is 0 Å². The number of hydrogen-bond acceptors (Lipinski definition) is 3. The number of aliphatic hydroxyl groups is 1. The van der Waals surface area contributed by atoms with Crippen molar-refractivity contribution in [2.45, 2.75) is 25.0 Å². The molecule has 2 rings (SSSR count). The Hall–Kier alpha value is -0.480. The van der Waals surface area contributed by atoms with E-state index in [1.165, 1.54) is 0 Å². The first-order valence-electron chi connectivity index (χ1n) is 5.40. The molecule has 0 heterocycles. The normalized spacial score (nSPS) is 18.1. The number of benzene rings is 1. The van der Waals surface area contributed by atoms with Crippen LogP contribution in [0.3, 0.4) is 0 Å². The number of nitrogens with two attached hydrogens (primary N) is 1. The first-order valence-corrected chi connectivity index (χ1v) is 5.78. The second-order valence-corrected chi connectivity index (χ2v) is 4.65. The summed E-state index contributed by atoms with van der Waals surface area (Å²) in [6.07, 6.45) is 1.67. The molecule has 1 aliphatic carbocycles. The van der Waals surface area contributed by atoms with Crippen LogP contribution in [-0.4, -0.2) is 18.3 Å². The van der Waals surface area contributed by atoms with Gasteiger partial charge in [-0.05, 0) is 36.5 Å². The summed E-state index contributed by atoms with van der Waals surface area (Å²) < 4.78 is 5.12. The van der Waals surface area contributed by atoms with Gasteiger partial charge in [0.15, 0.2) is 0 Å². The molecule has 0 aromatic heterocycles. The Kier molecular flexibility index (Phi) is 5.07. The van der Waals surface area contributed by atoms with Crippen molar-refractivity contribution in [3.8, 4) is 5.75 Å². The van der Waals surface area contributed by atoms with E-state index < -0.39 is 6.10 Å². The zero-order valence-electron chi connectivity index (χ0n) is 9.60. The fraction of sp³-hybridized carbons (Fsp3) is 0.500. The molecule has 0 bridgehead atoms. The van der Waals surface area contributed by atoms with Gasteiger partial charge in [0.1, 0.15) is 5.75 Å². The van der Waals surface area contributed by atoms with Crippen molar-refractivity contribution in [3.63, 3.8) is 0 Å². The third-order valence-electron chi connectivity index (χ3n) is 3.03. The quantitative estimate of drug-likeness (QED) is 0.889. The maximum Gasteiger partial charge on any atom is 0.137 e. The summed E-state index contributed by atoms with van der Waals surface area (Å²) in [5.74, 6) is 0.953. The molecule has 0 aliphatic heterocycles. The Bertz CT molecular complexity index is 383. The lowest BCUT2D eigenvalue weighted by molar-refractivity contribution is 0.122. The molecule has 0 saturated heterocycles. The van der Waals surface area contributed by atoms with Gasteiger partial charge >= 0.3 is 0 Å². The van der Waals surface area contributed by atoms with Gasteiger partial charge in [-0.25, -0.2) is 0 Å². The van der Waals surface area contributed by atoms with Crippen LogP contribution in [0, 0.1) is 5.92 Å².